The van der Waals surface area contributed by atoms with Crippen LogP contribution in [0.1, 0.15) is 59.8 Å². The van der Waals surface area contributed by atoms with Gasteiger partial charge < -0.3 is 4.90 Å². The Labute approximate surface area is 122 Å². The average Bonchev–Trinajstić information content (AvgIpc) is 2.68. The zero-order chi connectivity index (χ0) is 14.8. The molecule has 3 aliphatic rings. The van der Waals surface area contributed by atoms with Gasteiger partial charge in [0.2, 0.25) is 5.91 Å². The lowest BCUT2D eigenvalue weighted by atomic mass is 9.64. The number of Topliss-reactive ketones (excluding diaryl/α,β-unsaturated/α-hetero) is 1. The van der Waals surface area contributed by atoms with Crippen LogP contribution < -0.4 is 0 Å². The molecule has 3 rings (SSSR count). The molecule has 1 heterocycles. The number of hydrogen-bond donors (Lipinski definition) is 0. The molecule has 2 bridgehead atoms. The Morgan fingerprint density at radius 3 is 2.45 bits per heavy atom. The van der Waals surface area contributed by atoms with Crippen LogP contribution in [0.5, 0.6) is 0 Å². The fraction of sp³-hybridized carbons (Fsp3) is 0.882. The van der Waals surface area contributed by atoms with Crippen LogP contribution in [0.3, 0.4) is 0 Å². The Morgan fingerprint density at radius 1 is 1.25 bits per heavy atom. The molecule has 0 radical (unpaired) electrons. The number of piperidine rings is 1. The topological polar surface area (TPSA) is 37.4 Å². The third-order valence-electron chi connectivity index (χ3n) is 7.06. The Balaban J connectivity index is 1.93. The van der Waals surface area contributed by atoms with Crippen molar-refractivity contribution in [3.63, 3.8) is 0 Å². The zero-order valence-corrected chi connectivity index (χ0v) is 13.3. The number of likely N-dealkylation sites (tertiary alicyclic amines) is 1. The molecule has 1 amide bonds. The van der Waals surface area contributed by atoms with Crippen LogP contribution in [0.2, 0.25) is 0 Å². The molecule has 0 aromatic heterocycles. The smallest absolute Gasteiger partial charge is 0.229 e. The van der Waals surface area contributed by atoms with Crippen molar-refractivity contribution in [2.75, 3.05) is 13.1 Å². The van der Waals surface area contributed by atoms with E-state index in [9.17, 15) is 9.59 Å². The first kappa shape index (κ1) is 14.1. The summed E-state index contributed by atoms with van der Waals surface area (Å²) >= 11 is 0. The largest absolute Gasteiger partial charge is 0.342 e. The summed E-state index contributed by atoms with van der Waals surface area (Å²) in [5.74, 6) is 1.17. The lowest BCUT2D eigenvalue weighted by Crippen LogP contribution is -2.51. The van der Waals surface area contributed by atoms with Crippen LogP contribution in [-0.2, 0) is 9.59 Å². The van der Waals surface area contributed by atoms with Crippen molar-refractivity contribution in [2.45, 2.75) is 59.8 Å². The molecule has 0 unspecified atom stereocenters. The van der Waals surface area contributed by atoms with E-state index < -0.39 is 5.41 Å². The SMILES string of the molecule is C[C@H]1CCCN(C(=O)[C@@]23CC[C@@](C)(C(=O)C2)C3(C)C)C1. The molecule has 112 valence electrons. The maximum Gasteiger partial charge on any atom is 0.229 e. The van der Waals surface area contributed by atoms with E-state index in [0.29, 0.717) is 18.1 Å². The molecule has 3 atom stereocenters. The van der Waals surface area contributed by atoms with Crippen LogP contribution in [0.25, 0.3) is 0 Å². The van der Waals surface area contributed by atoms with Gasteiger partial charge in [-0.3, -0.25) is 9.59 Å². The Bertz CT molecular complexity index is 470. The van der Waals surface area contributed by atoms with Crippen LogP contribution in [0.15, 0.2) is 0 Å². The summed E-state index contributed by atoms with van der Waals surface area (Å²) in [6.07, 6.45) is 4.57. The number of amides is 1. The number of fused-ring (bicyclic) bond motifs is 2. The van der Waals surface area contributed by atoms with Crippen molar-refractivity contribution < 1.29 is 9.59 Å². The molecule has 1 aliphatic heterocycles. The summed E-state index contributed by atoms with van der Waals surface area (Å²) in [7, 11) is 0. The lowest BCUT2D eigenvalue weighted by molar-refractivity contribution is -0.149. The van der Waals surface area contributed by atoms with Gasteiger partial charge in [-0.25, -0.2) is 0 Å². The molecule has 3 heteroatoms. The van der Waals surface area contributed by atoms with Gasteiger partial charge in [-0.1, -0.05) is 27.7 Å². The highest BCUT2D eigenvalue weighted by Crippen LogP contribution is 2.71. The van der Waals surface area contributed by atoms with E-state index in [1.165, 1.54) is 6.42 Å². The van der Waals surface area contributed by atoms with E-state index in [1.807, 2.05) is 0 Å². The average molecular weight is 277 g/mol. The Kier molecular flexibility index (Phi) is 2.88. The molecule has 0 spiro atoms. The van der Waals surface area contributed by atoms with Crippen molar-refractivity contribution in [1.82, 2.24) is 4.90 Å². The van der Waals surface area contributed by atoms with Crippen molar-refractivity contribution >= 4 is 11.7 Å². The van der Waals surface area contributed by atoms with Crippen molar-refractivity contribution in [3.8, 4) is 0 Å². The molecular weight excluding hydrogens is 250 g/mol. The number of hydrogen-bond acceptors (Lipinski definition) is 2. The quantitative estimate of drug-likeness (QED) is 0.739. The molecule has 2 saturated carbocycles. The molecular formula is C17H27NO2. The summed E-state index contributed by atoms with van der Waals surface area (Å²) in [6, 6.07) is 0. The molecule has 3 fully saturated rings. The molecule has 2 aliphatic carbocycles. The van der Waals surface area contributed by atoms with E-state index in [4.69, 9.17) is 0 Å². The predicted octanol–water partition coefficient (Wildman–Crippen LogP) is 3.03. The predicted molar refractivity (Wildman–Crippen MR) is 78.2 cm³/mol. The standard InChI is InChI=1S/C17H27NO2/c1-12-6-5-9-18(11-12)14(20)17-8-7-16(4,13(19)10-17)15(17,2)3/h12H,5-11H2,1-4H3/t12-,16-,17+/m0/s1. The first-order valence-corrected chi connectivity index (χ1v) is 8.07. The van der Waals surface area contributed by atoms with Gasteiger partial charge in [0.25, 0.3) is 0 Å². The van der Waals surface area contributed by atoms with Gasteiger partial charge in [0.1, 0.15) is 5.78 Å². The molecule has 1 saturated heterocycles. The van der Waals surface area contributed by atoms with E-state index >= 15 is 0 Å². The highest BCUT2D eigenvalue weighted by atomic mass is 16.2. The van der Waals surface area contributed by atoms with Crippen LogP contribution in [-0.4, -0.2) is 29.7 Å². The van der Waals surface area contributed by atoms with Crippen LogP contribution >= 0.6 is 0 Å². The van der Waals surface area contributed by atoms with E-state index in [0.717, 1.165) is 32.4 Å². The molecule has 0 N–H and O–H groups in total. The number of rotatable bonds is 1. The number of carbonyl (C=O) groups is 2. The van der Waals surface area contributed by atoms with E-state index in [1.54, 1.807) is 0 Å². The normalized spacial score (nSPS) is 43.1. The maximum atomic E-state index is 13.2. The summed E-state index contributed by atoms with van der Waals surface area (Å²) in [5, 5.41) is 0. The van der Waals surface area contributed by atoms with Gasteiger partial charge in [-0.15, -0.1) is 0 Å². The summed E-state index contributed by atoms with van der Waals surface area (Å²) in [6.45, 7) is 10.4. The molecule has 0 aromatic rings. The minimum absolute atomic E-state index is 0.200. The second-order valence-electron chi connectivity index (χ2n) is 8.14. The summed E-state index contributed by atoms with van der Waals surface area (Å²) in [5.41, 5.74) is -0.908. The Morgan fingerprint density at radius 2 is 1.95 bits per heavy atom. The minimum Gasteiger partial charge on any atom is -0.342 e. The first-order valence-electron chi connectivity index (χ1n) is 8.07. The minimum atomic E-state index is -0.421. The van der Waals surface area contributed by atoms with Gasteiger partial charge >= 0.3 is 0 Å². The second-order valence-corrected chi connectivity index (χ2v) is 8.14. The van der Waals surface area contributed by atoms with Crippen molar-refractivity contribution in [2.24, 2.45) is 22.2 Å². The molecule has 0 aromatic carbocycles. The maximum absolute atomic E-state index is 13.2. The van der Waals surface area contributed by atoms with Gasteiger partial charge in [0.05, 0.1) is 5.41 Å². The third-order valence-corrected chi connectivity index (χ3v) is 7.06. The van der Waals surface area contributed by atoms with Gasteiger partial charge in [0, 0.05) is 24.9 Å². The molecule has 3 nitrogen and oxygen atoms in total. The monoisotopic (exact) mass is 277 g/mol. The summed E-state index contributed by atoms with van der Waals surface area (Å²) in [4.78, 5) is 27.7. The second kappa shape index (κ2) is 4.08. The summed E-state index contributed by atoms with van der Waals surface area (Å²) < 4.78 is 0. The fourth-order valence-electron chi connectivity index (χ4n) is 5.01. The number of carbonyl (C=O) groups excluding carboxylic acids is 2. The molecule has 20 heavy (non-hydrogen) atoms. The van der Waals surface area contributed by atoms with Gasteiger partial charge in [-0.05, 0) is 37.0 Å². The third kappa shape index (κ3) is 1.47. The van der Waals surface area contributed by atoms with Crippen molar-refractivity contribution in [3.05, 3.63) is 0 Å². The van der Waals surface area contributed by atoms with Crippen LogP contribution in [0, 0.1) is 22.2 Å². The highest BCUT2D eigenvalue weighted by molar-refractivity contribution is 5.99. The van der Waals surface area contributed by atoms with E-state index in [-0.39, 0.29) is 16.7 Å². The first-order chi connectivity index (χ1) is 9.24. The van der Waals surface area contributed by atoms with Crippen LogP contribution in [0.4, 0.5) is 0 Å². The zero-order valence-electron chi connectivity index (χ0n) is 13.3. The lowest BCUT2D eigenvalue weighted by Gasteiger charge is -2.43. The van der Waals surface area contributed by atoms with Gasteiger partial charge in [-0.2, -0.15) is 0 Å². The van der Waals surface area contributed by atoms with Gasteiger partial charge in [0.15, 0.2) is 0 Å². The highest BCUT2D eigenvalue weighted by Gasteiger charge is 2.73. The number of ketones is 1. The Hall–Kier alpha value is -0.860. The van der Waals surface area contributed by atoms with Crippen molar-refractivity contribution in [1.29, 1.82) is 0 Å². The van der Waals surface area contributed by atoms with E-state index in [2.05, 4.69) is 32.6 Å². The fourth-order valence-corrected chi connectivity index (χ4v) is 5.01. The number of nitrogens with zero attached hydrogens (tertiary/aromatic N) is 1.